The predicted octanol–water partition coefficient (Wildman–Crippen LogP) is 6.12. The summed E-state index contributed by atoms with van der Waals surface area (Å²) in [6.45, 7) is 6.38. The highest BCUT2D eigenvalue weighted by molar-refractivity contribution is 8.00. The number of methoxy groups -OCH3 is 1. The lowest BCUT2D eigenvalue weighted by atomic mass is 9.96. The van der Waals surface area contributed by atoms with Crippen molar-refractivity contribution >= 4 is 29.3 Å². The Hall–Kier alpha value is -1.65. The van der Waals surface area contributed by atoms with Crippen LogP contribution in [-0.2, 0) is 4.79 Å². The molecule has 1 amide bonds. The van der Waals surface area contributed by atoms with Crippen LogP contribution in [0.4, 0.5) is 0 Å². The summed E-state index contributed by atoms with van der Waals surface area (Å²) in [5.74, 6) is 1.36. The van der Waals surface area contributed by atoms with E-state index in [4.69, 9.17) is 16.3 Å². The zero-order chi connectivity index (χ0) is 19.8. The number of carbonyl (C=O) groups excluding carboxylic acids is 1. The second-order valence-corrected chi connectivity index (χ2v) is 8.65. The van der Waals surface area contributed by atoms with E-state index in [0.29, 0.717) is 10.9 Å². The molecule has 0 radical (unpaired) electrons. The first-order valence-corrected chi connectivity index (χ1v) is 10.5. The van der Waals surface area contributed by atoms with Gasteiger partial charge in [-0.2, -0.15) is 0 Å². The molecule has 0 aliphatic heterocycles. The first-order chi connectivity index (χ1) is 12.9. The van der Waals surface area contributed by atoms with Gasteiger partial charge in [-0.3, -0.25) is 4.79 Å². The van der Waals surface area contributed by atoms with E-state index in [1.165, 1.54) is 0 Å². The lowest BCUT2D eigenvalue weighted by Gasteiger charge is -2.24. The second kappa shape index (κ2) is 10.6. The molecule has 0 aliphatic carbocycles. The van der Waals surface area contributed by atoms with Gasteiger partial charge in [0.2, 0.25) is 5.91 Å². The highest BCUT2D eigenvalue weighted by atomic mass is 35.5. The van der Waals surface area contributed by atoms with Gasteiger partial charge in [0.25, 0.3) is 0 Å². The third-order valence-electron chi connectivity index (χ3n) is 4.30. The van der Waals surface area contributed by atoms with Crippen molar-refractivity contribution in [3.63, 3.8) is 0 Å². The quantitative estimate of drug-likeness (QED) is 0.510. The van der Waals surface area contributed by atoms with Crippen molar-refractivity contribution in [3.8, 4) is 5.75 Å². The van der Waals surface area contributed by atoms with Crippen molar-refractivity contribution in [3.05, 3.63) is 59.1 Å². The molecule has 0 fully saturated rings. The summed E-state index contributed by atoms with van der Waals surface area (Å²) in [5.41, 5.74) is 1.10. The normalized spacial score (nSPS) is 13.3. The number of carbonyl (C=O) groups is 1. The van der Waals surface area contributed by atoms with Crippen molar-refractivity contribution in [1.82, 2.24) is 5.32 Å². The van der Waals surface area contributed by atoms with Crippen molar-refractivity contribution in [2.75, 3.05) is 7.11 Å². The molecule has 146 valence electrons. The molecule has 0 heterocycles. The zero-order valence-corrected chi connectivity index (χ0v) is 17.9. The van der Waals surface area contributed by atoms with Gasteiger partial charge in [0.15, 0.2) is 0 Å². The summed E-state index contributed by atoms with van der Waals surface area (Å²) in [5, 5.41) is 3.82. The van der Waals surface area contributed by atoms with Crippen LogP contribution in [0.1, 0.15) is 45.2 Å². The Morgan fingerprint density at radius 3 is 2.26 bits per heavy atom. The van der Waals surface area contributed by atoms with E-state index in [1.54, 1.807) is 18.9 Å². The van der Waals surface area contributed by atoms with Gasteiger partial charge in [0.05, 0.1) is 18.4 Å². The molecule has 3 nitrogen and oxygen atoms in total. The first kappa shape index (κ1) is 21.6. The highest BCUT2D eigenvalue weighted by Crippen LogP contribution is 2.29. The summed E-state index contributed by atoms with van der Waals surface area (Å²) in [4.78, 5) is 14.0. The number of nitrogens with one attached hydrogen (secondary N) is 1. The standard InChI is InChI=1S/C22H28ClNO2S/c1-5-21(27-19-12-8-17(23)9-13-19)22(25)24-20(14-15(2)3)16-6-10-18(26-4)11-7-16/h6-13,15,20-21H,5,14H2,1-4H3,(H,24,25)/t20-,21-/m1/s1. The number of hydrogen-bond acceptors (Lipinski definition) is 3. The van der Waals surface area contributed by atoms with Gasteiger partial charge < -0.3 is 10.1 Å². The molecule has 0 aromatic heterocycles. The molecule has 0 aliphatic rings. The summed E-state index contributed by atoms with van der Waals surface area (Å²) >= 11 is 7.53. The van der Waals surface area contributed by atoms with Gasteiger partial charge >= 0.3 is 0 Å². The number of rotatable bonds is 9. The maximum Gasteiger partial charge on any atom is 0.233 e. The lowest BCUT2D eigenvalue weighted by molar-refractivity contribution is -0.121. The number of hydrogen-bond donors (Lipinski definition) is 1. The maximum atomic E-state index is 13.0. The summed E-state index contributed by atoms with van der Waals surface area (Å²) < 4.78 is 5.24. The molecule has 1 N–H and O–H groups in total. The van der Waals surface area contributed by atoms with Gasteiger partial charge in [-0.05, 0) is 60.7 Å². The smallest absolute Gasteiger partial charge is 0.233 e. The molecule has 2 atom stereocenters. The highest BCUT2D eigenvalue weighted by Gasteiger charge is 2.23. The van der Waals surface area contributed by atoms with E-state index in [-0.39, 0.29) is 17.2 Å². The van der Waals surface area contributed by atoms with Gasteiger partial charge in [-0.15, -0.1) is 11.8 Å². The Kier molecular flexibility index (Phi) is 8.52. The van der Waals surface area contributed by atoms with E-state index in [0.717, 1.165) is 29.1 Å². The molecule has 0 spiro atoms. The van der Waals surface area contributed by atoms with Crippen molar-refractivity contribution in [2.45, 2.75) is 49.8 Å². The molecule has 0 saturated carbocycles. The monoisotopic (exact) mass is 405 g/mol. The zero-order valence-electron chi connectivity index (χ0n) is 16.4. The van der Waals surface area contributed by atoms with Crippen LogP contribution < -0.4 is 10.1 Å². The van der Waals surface area contributed by atoms with Crippen LogP contribution in [0.5, 0.6) is 5.75 Å². The van der Waals surface area contributed by atoms with E-state index in [2.05, 4.69) is 19.2 Å². The Labute approximate surface area is 171 Å². The van der Waals surface area contributed by atoms with Crippen molar-refractivity contribution in [1.29, 1.82) is 0 Å². The number of thioether (sulfide) groups is 1. The Bertz CT molecular complexity index is 716. The molecule has 2 rings (SSSR count). The molecule has 27 heavy (non-hydrogen) atoms. The van der Waals surface area contributed by atoms with Gasteiger partial charge in [0, 0.05) is 9.92 Å². The third-order valence-corrected chi connectivity index (χ3v) is 5.93. The largest absolute Gasteiger partial charge is 0.497 e. The average molecular weight is 406 g/mol. The van der Waals surface area contributed by atoms with E-state index in [1.807, 2.05) is 55.5 Å². The fourth-order valence-electron chi connectivity index (χ4n) is 2.85. The van der Waals surface area contributed by atoms with Crippen LogP contribution in [0, 0.1) is 5.92 Å². The molecular formula is C22H28ClNO2S. The maximum absolute atomic E-state index is 13.0. The summed E-state index contributed by atoms with van der Waals surface area (Å²) in [7, 11) is 1.65. The average Bonchev–Trinajstić information content (AvgIpc) is 2.66. The number of amides is 1. The SMILES string of the molecule is CC[C@@H](Sc1ccc(Cl)cc1)C(=O)N[C@H](CC(C)C)c1ccc(OC)cc1. The molecule has 2 aromatic rings. The molecule has 0 unspecified atom stereocenters. The minimum atomic E-state index is -0.140. The van der Waals surface area contributed by atoms with Gasteiger partial charge in [-0.1, -0.05) is 44.5 Å². The third kappa shape index (κ3) is 6.78. The predicted molar refractivity (Wildman–Crippen MR) is 115 cm³/mol. The van der Waals surface area contributed by atoms with Crippen molar-refractivity contribution in [2.24, 2.45) is 5.92 Å². The summed E-state index contributed by atoms with van der Waals surface area (Å²) in [6.07, 6.45) is 1.65. The van der Waals surface area contributed by atoms with Crippen LogP contribution in [0.15, 0.2) is 53.4 Å². The van der Waals surface area contributed by atoms with Crippen LogP contribution >= 0.6 is 23.4 Å². The Morgan fingerprint density at radius 2 is 1.74 bits per heavy atom. The summed E-state index contributed by atoms with van der Waals surface area (Å²) in [6, 6.07) is 15.5. The van der Waals surface area contributed by atoms with Crippen LogP contribution in [0.3, 0.4) is 0 Å². The number of halogens is 1. The topological polar surface area (TPSA) is 38.3 Å². The van der Waals surface area contributed by atoms with Crippen LogP contribution in [-0.4, -0.2) is 18.3 Å². The first-order valence-electron chi connectivity index (χ1n) is 9.29. The van der Waals surface area contributed by atoms with Gasteiger partial charge in [-0.25, -0.2) is 0 Å². The minimum Gasteiger partial charge on any atom is -0.497 e. The molecule has 0 bridgehead atoms. The Morgan fingerprint density at radius 1 is 1.11 bits per heavy atom. The molecule has 2 aromatic carbocycles. The lowest BCUT2D eigenvalue weighted by Crippen LogP contribution is -2.36. The second-order valence-electron chi connectivity index (χ2n) is 6.93. The van der Waals surface area contributed by atoms with E-state index < -0.39 is 0 Å². The molecule has 5 heteroatoms. The number of ether oxygens (including phenoxy) is 1. The van der Waals surface area contributed by atoms with Crippen LogP contribution in [0.2, 0.25) is 5.02 Å². The fraction of sp³-hybridized carbons (Fsp3) is 0.409. The van der Waals surface area contributed by atoms with E-state index >= 15 is 0 Å². The van der Waals surface area contributed by atoms with Gasteiger partial charge in [0.1, 0.15) is 5.75 Å². The minimum absolute atomic E-state index is 0.0109. The van der Waals surface area contributed by atoms with Crippen LogP contribution in [0.25, 0.3) is 0 Å². The molecular weight excluding hydrogens is 378 g/mol. The van der Waals surface area contributed by atoms with E-state index in [9.17, 15) is 4.79 Å². The number of benzene rings is 2. The molecule has 0 saturated heterocycles. The van der Waals surface area contributed by atoms with Crippen molar-refractivity contribution < 1.29 is 9.53 Å². The Balaban J connectivity index is 2.10. The fourth-order valence-corrected chi connectivity index (χ4v) is 3.94.